The van der Waals surface area contributed by atoms with Crippen LogP contribution in [0.2, 0.25) is 0 Å². The van der Waals surface area contributed by atoms with Crippen LogP contribution in [-0.2, 0) is 0 Å². The summed E-state index contributed by atoms with van der Waals surface area (Å²) in [5.41, 5.74) is -0.902. The summed E-state index contributed by atoms with van der Waals surface area (Å²) in [5, 5.41) is 18.9. The molecule has 0 aliphatic heterocycles. The number of aliphatic hydroxyl groups excluding tert-OH is 1. The van der Waals surface area contributed by atoms with Crippen LogP contribution in [0, 0.1) is 16.7 Å². The number of aliphatic hydroxyl groups is 1. The van der Waals surface area contributed by atoms with Crippen molar-refractivity contribution < 1.29 is 18.6 Å². The van der Waals surface area contributed by atoms with Crippen molar-refractivity contribution in [1.82, 2.24) is 0 Å². The molecular formula is C12H13F2NO2. The van der Waals surface area contributed by atoms with Crippen LogP contribution >= 0.6 is 0 Å². The third kappa shape index (κ3) is 3.14. The number of para-hydroxylation sites is 1. The standard InChI is InChI=1S/C12H13F2NO2/c1-12(2,7-15)10(16)8-5-3-4-6-9(8)17-11(13)14/h3-6,10-11,16H,1-2H3. The molecule has 0 radical (unpaired) electrons. The molecule has 3 nitrogen and oxygen atoms in total. The summed E-state index contributed by atoms with van der Waals surface area (Å²) < 4.78 is 28.7. The Labute approximate surface area is 98.3 Å². The third-order valence-electron chi connectivity index (χ3n) is 2.40. The molecule has 0 saturated heterocycles. The summed E-state index contributed by atoms with van der Waals surface area (Å²) in [6, 6.07) is 7.83. The van der Waals surface area contributed by atoms with E-state index in [4.69, 9.17) is 5.26 Å². The normalized spacial score (nSPS) is 13.2. The van der Waals surface area contributed by atoms with Gasteiger partial charge in [-0.05, 0) is 19.9 Å². The van der Waals surface area contributed by atoms with Crippen molar-refractivity contribution in [2.45, 2.75) is 26.6 Å². The van der Waals surface area contributed by atoms with E-state index in [-0.39, 0.29) is 11.3 Å². The van der Waals surface area contributed by atoms with Gasteiger partial charge in [0.05, 0.1) is 11.5 Å². The van der Waals surface area contributed by atoms with Gasteiger partial charge in [0.25, 0.3) is 0 Å². The average Bonchev–Trinajstić information content (AvgIpc) is 2.28. The number of nitriles is 1. The molecule has 1 N–H and O–H groups in total. The first-order valence-corrected chi connectivity index (χ1v) is 5.01. The number of nitrogens with zero attached hydrogens (tertiary/aromatic N) is 1. The van der Waals surface area contributed by atoms with Gasteiger partial charge in [0, 0.05) is 5.56 Å². The number of alkyl halides is 2. The molecule has 92 valence electrons. The van der Waals surface area contributed by atoms with Crippen LogP contribution in [-0.4, -0.2) is 11.7 Å². The predicted molar refractivity (Wildman–Crippen MR) is 57.4 cm³/mol. The van der Waals surface area contributed by atoms with Crippen LogP contribution < -0.4 is 4.74 Å². The molecule has 0 aromatic heterocycles. The summed E-state index contributed by atoms with van der Waals surface area (Å²) in [7, 11) is 0. The summed E-state index contributed by atoms with van der Waals surface area (Å²) in [6.45, 7) is 0.0849. The lowest BCUT2D eigenvalue weighted by Crippen LogP contribution is -2.21. The number of ether oxygens (including phenoxy) is 1. The van der Waals surface area contributed by atoms with Gasteiger partial charge in [-0.1, -0.05) is 18.2 Å². The van der Waals surface area contributed by atoms with Crippen LogP contribution in [0.4, 0.5) is 8.78 Å². The van der Waals surface area contributed by atoms with Crippen molar-refractivity contribution in [2.75, 3.05) is 0 Å². The topological polar surface area (TPSA) is 53.2 Å². The lowest BCUT2D eigenvalue weighted by molar-refractivity contribution is -0.0525. The third-order valence-corrected chi connectivity index (χ3v) is 2.40. The Balaban J connectivity index is 3.10. The van der Waals surface area contributed by atoms with Gasteiger partial charge in [-0.2, -0.15) is 14.0 Å². The number of hydrogen-bond acceptors (Lipinski definition) is 3. The predicted octanol–water partition coefficient (Wildman–Crippen LogP) is 2.87. The second kappa shape index (κ2) is 5.11. The van der Waals surface area contributed by atoms with E-state index in [9.17, 15) is 13.9 Å². The van der Waals surface area contributed by atoms with E-state index in [2.05, 4.69) is 4.74 Å². The van der Waals surface area contributed by atoms with Crippen molar-refractivity contribution in [3.05, 3.63) is 29.8 Å². The van der Waals surface area contributed by atoms with E-state index in [0.29, 0.717) is 0 Å². The first-order chi connectivity index (χ1) is 7.88. The van der Waals surface area contributed by atoms with Crippen molar-refractivity contribution in [3.63, 3.8) is 0 Å². The zero-order valence-corrected chi connectivity index (χ0v) is 9.52. The summed E-state index contributed by atoms with van der Waals surface area (Å²) in [5.74, 6) is -0.113. The highest BCUT2D eigenvalue weighted by Crippen LogP contribution is 2.37. The van der Waals surface area contributed by atoms with E-state index in [0.717, 1.165) is 0 Å². The smallest absolute Gasteiger partial charge is 0.387 e. The van der Waals surface area contributed by atoms with E-state index in [1.165, 1.54) is 32.0 Å². The maximum atomic E-state index is 12.2. The SMILES string of the molecule is CC(C)(C#N)C(O)c1ccccc1OC(F)F. The number of hydrogen-bond donors (Lipinski definition) is 1. The Morgan fingerprint density at radius 3 is 2.47 bits per heavy atom. The molecule has 1 atom stereocenters. The van der Waals surface area contributed by atoms with Crippen molar-refractivity contribution >= 4 is 0 Å². The molecule has 1 unspecified atom stereocenters. The molecule has 1 aromatic rings. The lowest BCUT2D eigenvalue weighted by Gasteiger charge is -2.24. The van der Waals surface area contributed by atoms with Gasteiger partial charge < -0.3 is 9.84 Å². The number of benzene rings is 1. The molecule has 0 saturated carbocycles. The molecular weight excluding hydrogens is 228 g/mol. The van der Waals surface area contributed by atoms with Crippen LogP contribution in [0.25, 0.3) is 0 Å². The molecule has 0 fully saturated rings. The van der Waals surface area contributed by atoms with Crippen molar-refractivity contribution in [1.29, 1.82) is 5.26 Å². The van der Waals surface area contributed by atoms with Crippen LogP contribution in [0.1, 0.15) is 25.5 Å². The van der Waals surface area contributed by atoms with Crippen molar-refractivity contribution in [2.24, 2.45) is 5.41 Å². The average molecular weight is 241 g/mol. The first kappa shape index (κ1) is 13.4. The molecule has 0 amide bonds. The van der Waals surface area contributed by atoms with Gasteiger partial charge in [-0.15, -0.1) is 0 Å². The van der Waals surface area contributed by atoms with Crippen molar-refractivity contribution in [3.8, 4) is 11.8 Å². The van der Waals surface area contributed by atoms with E-state index >= 15 is 0 Å². The summed E-state index contributed by atoms with van der Waals surface area (Å²) in [4.78, 5) is 0. The largest absolute Gasteiger partial charge is 0.434 e. The Morgan fingerprint density at radius 1 is 1.35 bits per heavy atom. The quantitative estimate of drug-likeness (QED) is 0.881. The van der Waals surface area contributed by atoms with Gasteiger partial charge in [0.2, 0.25) is 0 Å². The minimum Gasteiger partial charge on any atom is -0.434 e. The highest BCUT2D eigenvalue weighted by Gasteiger charge is 2.31. The van der Waals surface area contributed by atoms with Gasteiger partial charge in [0.15, 0.2) is 0 Å². The molecule has 0 bridgehead atoms. The molecule has 0 aliphatic rings. The summed E-state index contributed by atoms with van der Waals surface area (Å²) in [6.07, 6.45) is -1.19. The molecule has 1 aromatic carbocycles. The molecule has 17 heavy (non-hydrogen) atoms. The Morgan fingerprint density at radius 2 is 1.94 bits per heavy atom. The Kier molecular flexibility index (Phi) is 4.02. The molecule has 0 aliphatic carbocycles. The lowest BCUT2D eigenvalue weighted by atomic mass is 9.84. The second-order valence-electron chi connectivity index (χ2n) is 4.15. The highest BCUT2D eigenvalue weighted by molar-refractivity contribution is 5.36. The maximum Gasteiger partial charge on any atom is 0.387 e. The van der Waals surface area contributed by atoms with Gasteiger partial charge in [-0.25, -0.2) is 0 Å². The summed E-state index contributed by atoms with van der Waals surface area (Å²) >= 11 is 0. The zero-order chi connectivity index (χ0) is 13.1. The molecule has 1 rings (SSSR count). The Hall–Kier alpha value is -1.67. The van der Waals surface area contributed by atoms with Crippen LogP contribution in [0.5, 0.6) is 5.75 Å². The molecule has 5 heteroatoms. The van der Waals surface area contributed by atoms with E-state index in [1.807, 2.05) is 6.07 Å². The molecule has 0 spiro atoms. The fraction of sp³-hybridized carbons (Fsp3) is 0.417. The fourth-order valence-corrected chi connectivity index (χ4v) is 1.36. The zero-order valence-electron chi connectivity index (χ0n) is 9.52. The first-order valence-electron chi connectivity index (χ1n) is 5.01. The second-order valence-corrected chi connectivity index (χ2v) is 4.15. The monoisotopic (exact) mass is 241 g/mol. The van der Waals surface area contributed by atoms with E-state index < -0.39 is 18.1 Å². The van der Waals surface area contributed by atoms with Crippen LogP contribution in [0.3, 0.4) is 0 Å². The maximum absolute atomic E-state index is 12.2. The Bertz CT molecular complexity index is 427. The van der Waals surface area contributed by atoms with Gasteiger partial charge >= 0.3 is 6.61 Å². The molecule has 0 heterocycles. The number of rotatable bonds is 4. The highest BCUT2D eigenvalue weighted by atomic mass is 19.3. The minimum atomic E-state index is -2.96. The minimum absolute atomic E-state index is 0.113. The van der Waals surface area contributed by atoms with Gasteiger partial charge in [0.1, 0.15) is 11.9 Å². The fourth-order valence-electron chi connectivity index (χ4n) is 1.36. The van der Waals surface area contributed by atoms with Gasteiger partial charge in [-0.3, -0.25) is 0 Å². The van der Waals surface area contributed by atoms with E-state index in [1.54, 1.807) is 6.07 Å². The van der Waals surface area contributed by atoms with Crippen LogP contribution in [0.15, 0.2) is 24.3 Å². The number of halogens is 2.